The molecule has 0 unspecified atom stereocenters. The van der Waals surface area contributed by atoms with Gasteiger partial charge in [0.2, 0.25) is 5.91 Å². The summed E-state index contributed by atoms with van der Waals surface area (Å²) in [6, 6.07) is 15.5. The second-order valence-corrected chi connectivity index (χ2v) is 6.99. The highest BCUT2D eigenvalue weighted by Gasteiger charge is 2.15. The van der Waals surface area contributed by atoms with E-state index in [9.17, 15) is 4.79 Å². The van der Waals surface area contributed by atoms with Gasteiger partial charge in [0.1, 0.15) is 13.2 Å². The number of benzene rings is 2. The average Bonchev–Trinajstić information content (AvgIpc) is 3.16. The van der Waals surface area contributed by atoms with Crippen molar-refractivity contribution in [1.29, 1.82) is 0 Å². The highest BCUT2D eigenvalue weighted by molar-refractivity contribution is 7.14. The molecule has 0 spiro atoms. The Morgan fingerprint density at radius 2 is 1.93 bits per heavy atom. The Bertz CT molecular complexity index is 943. The Morgan fingerprint density at radius 3 is 2.74 bits per heavy atom. The number of rotatable bonds is 5. The predicted octanol–water partition coefficient (Wildman–Crippen LogP) is 3.66. The Hall–Kier alpha value is -3.06. The molecule has 1 N–H and O–H groups in total. The molecule has 1 aromatic heterocycles. The van der Waals surface area contributed by atoms with Crippen LogP contribution in [0.15, 0.2) is 53.9 Å². The van der Waals surface area contributed by atoms with Crippen LogP contribution in [0.4, 0.5) is 10.8 Å². The van der Waals surface area contributed by atoms with Crippen LogP contribution in [0.1, 0.15) is 0 Å². The largest absolute Gasteiger partial charge is 0.486 e. The third kappa shape index (κ3) is 4.03. The van der Waals surface area contributed by atoms with Crippen LogP contribution in [-0.2, 0) is 4.79 Å². The van der Waals surface area contributed by atoms with E-state index in [0.29, 0.717) is 18.3 Å². The molecule has 0 saturated heterocycles. The van der Waals surface area contributed by atoms with Crippen LogP contribution in [0.2, 0.25) is 0 Å². The molecule has 0 atom stereocenters. The number of nitrogens with zero attached hydrogens (tertiary/aromatic N) is 2. The molecule has 0 radical (unpaired) electrons. The van der Waals surface area contributed by atoms with Crippen LogP contribution in [0.5, 0.6) is 11.5 Å². The lowest BCUT2D eigenvalue weighted by atomic mass is 10.1. The van der Waals surface area contributed by atoms with E-state index in [2.05, 4.69) is 10.3 Å². The van der Waals surface area contributed by atoms with Gasteiger partial charge in [0.15, 0.2) is 16.6 Å². The lowest BCUT2D eigenvalue weighted by Crippen LogP contribution is -2.29. The molecule has 138 valence electrons. The van der Waals surface area contributed by atoms with Gasteiger partial charge in [-0.15, -0.1) is 11.3 Å². The molecule has 27 heavy (non-hydrogen) atoms. The molecule has 7 heteroatoms. The molecule has 2 aromatic carbocycles. The third-order valence-electron chi connectivity index (χ3n) is 4.17. The normalized spacial score (nSPS) is 12.5. The molecule has 0 bridgehead atoms. The van der Waals surface area contributed by atoms with Gasteiger partial charge in [-0.2, -0.15) is 0 Å². The molecule has 1 aliphatic rings. The van der Waals surface area contributed by atoms with Crippen molar-refractivity contribution < 1.29 is 14.3 Å². The first kappa shape index (κ1) is 17.4. The fourth-order valence-corrected chi connectivity index (χ4v) is 3.55. The van der Waals surface area contributed by atoms with Crippen molar-refractivity contribution in [2.24, 2.45) is 0 Å². The summed E-state index contributed by atoms with van der Waals surface area (Å²) >= 11 is 1.40. The van der Waals surface area contributed by atoms with E-state index < -0.39 is 0 Å². The Kier molecular flexibility index (Phi) is 4.93. The third-order valence-corrected chi connectivity index (χ3v) is 4.92. The lowest BCUT2D eigenvalue weighted by Gasteiger charge is -2.18. The summed E-state index contributed by atoms with van der Waals surface area (Å²) in [6.45, 7) is 1.36. The van der Waals surface area contributed by atoms with Crippen molar-refractivity contribution in [2.45, 2.75) is 0 Å². The number of hydrogen-bond acceptors (Lipinski definition) is 6. The van der Waals surface area contributed by atoms with E-state index in [0.717, 1.165) is 28.4 Å². The fraction of sp³-hybridized carbons (Fsp3) is 0.200. The van der Waals surface area contributed by atoms with Crippen molar-refractivity contribution >= 4 is 28.1 Å². The Morgan fingerprint density at radius 1 is 1.15 bits per heavy atom. The number of likely N-dealkylation sites (N-methyl/N-ethyl adjacent to an activating group) is 1. The monoisotopic (exact) mass is 381 g/mol. The minimum absolute atomic E-state index is 0.107. The van der Waals surface area contributed by atoms with Gasteiger partial charge < -0.3 is 19.7 Å². The maximum atomic E-state index is 12.3. The van der Waals surface area contributed by atoms with Crippen molar-refractivity contribution in [1.82, 2.24) is 4.98 Å². The van der Waals surface area contributed by atoms with Gasteiger partial charge in [-0.25, -0.2) is 4.98 Å². The summed E-state index contributed by atoms with van der Waals surface area (Å²) in [5, 5.41) is 5.36. The van der Waals surface area contributed by atoms with Gasteiger partial charge in [-0.05, 0) is 30.3 Å². The second kappa shape index (κ2) is 7.67. The number of ether oxygens (including phenoxy) is 2. The highest BCUT2D eigenvalue weighted by Crippen LogP contribution is 2.35. The number of carbonyl (C=O) groups excluding carboxylic acids is 1. The number of para-hydroxylation sites is 1. The molecule has 6 nitrogen and oxygen atoms in total. The number of thiazole rings is 1. The summed E-state index contributed by atoms with van der Waals surface area (Å²) in [6.07, 6.45) is 0. The molecule has 3 aromatic rings. The zero-order chi connectivity index (χ0) is 18.6. The van der Waals surface area contributed by atoms with Gasteiger partial charge in [0.05, 0.1) is 12.2 Å². The number of hydrogen-bond donors (Lipinski definition) is 1. The lowest BCUT2D eigenvalue weighted by molar-refractivity contribution is -0.114. The second-order valence-electron chi connectivity index (χ2n) is 6.14. The van der Waals surface area contributed by atoms with E-state index in [-0.39, 0.29) is 12.5 Å². The van der Waals surface area contributed by atoms with Crippen molar-refractivity contribution in [3.8, 4) is 22.8 Å². The van der Waals surface area contributed by atoms with Gasteiger partial charge >= 0.3 is 0 Å². The molecular formula is C20H19N3O3S. The smallest absolute Gasteiger partial charge is 0.245 e. The molecule has 2 heterocycles. The summed E-state index contributed by atoms with van der Waals surface area (Å²) in [5.41, 5.74) is 2.71. The molecule has 0 saturated carbocycles. The first-order valence-electron chi connectivity index (χ1n) is 8.60. The van der Waals surface area contributed by atoms with Crippen LogP contribution in [-0.4, -0.2) is 37.7 Å². The van der Waals surface area contributed by atoms with Crippen LogP contribution < -0.4 is 19.7 Å². The van der Waals surface area contributed by atoms with Crippen LogP contribution in [0.3, 0.4) is 0 Å². The molecule has 1 amide bonds. The van der Waals surface area contributed by atoms with E-state index in [1.165, 1.54) is 11.3 Å². The van der Waals surface area contributed by atoms with Crippen LogP contribution in [0, 0.1) is 0 Å². The van der Waals surface area contributed by atoms with E-state index in [4.69, 9.17) is 9.47 Å². The fourth-order valence-electron chi connectivity index (χ4n) is 2.81. The SMILES string of the molecule is CN(CC(=O)Nc1nc(-c2ccc3c(c2)OCCO3)cs1)c1ccccc1. The molecule has 0 fully saturated rings. The number of amides is 1. The highest BCUT2D eigenvalue weighted by atomic mass is 32.1. The number of anilines is 2. The van der Waals surface area contributed by atoms with E-state index in [1.54, 1.807) is 0 Å². The quantitative estimate of drug-likeness (QED) is 0.731. The predicted molar refractivity (Wildman–Crippen MR) is 107 cm³/mol. The summed E-state index contributed by atoms with van der Waals surface area (Å²) in [7, 11) is 1.89. The van der Waals surface area contributed by atoms with Crippen LogP contribution >= 0.6 is 11.3 Å². The minimum atomic E-state index is -0.107. The zero-order valence-electron chi connectivity index (χ0n) is 14.8. The van der Waals surface area contributed by atoms with Crippen molar-refractivity contribution in [3.63, 3.8) is 0 Å². The summed E-state index contributed by atoms with van der Waals surface area (Å²) in [5.74, 6) is 1.36. The molecule has 0 aliphatic carbocycles. The number of aromatic nitrogens is 1. The first-order valence-corrected chi connectivity index (χ1v) is 9.48. The number of carbonyl (C=O) groups is 1. The van der Waals surface area contributed by atoms with Gasteiger partial charge in [-0.1, -0.05) is 18.2 Å². The topological polar surface area (TPSA) is 63.7 Å². The standard InChI is InChI=1S/C20H19N3O3S/c1-23(15-5-3-2-4-6-15)12-19(24)22-20-21-16(13-27-20)14-7-8-17-18(11-14)26-10-9-25-17/h2-8,11,13H,9-10,12H2,1H3,(H,21,22,24). The van der Waals surface area contributed by atoms with Gasteiger partial charge in [0, 0.05) is 23.7 Å². The zero-order valence-corrected chi connectivity index (χ0v) is 15.7. The number of fused-ring (bicyclic) bond motifs is 1. The van der Waals surface area contributed by atoms with Gasteiger partial charge in [0.25, 0.3) is 0 Å². The Balaban J connectivity index is 1.41. The summed E-state index contributed by atoms with van der Waals surface area (Å²) < 4.78 is 11.2. The molecule has 1 aliphatic heterocycles. The molecular weight excluding hydrogens is 362 g/mol. The maximum absolute atomic E-state index is 12.3. The van der Waals surface area contributed by atoms with Crippen LogP contribution in [0.25, 0.3) is 11.3 Å². The average molecular weight is 381 g/mol. The molecule has 4 rings (SSSR count). The van der Waals surface area contributed by atoms with Gasteiger partial charge in [-0.3, -0.25) is 4.79 Å². The minimum Gasteiger partial charge on any atom is -0.486 e. The van der Waals surface area contributed by atoms with Crippen molar-refractivity contribution in [2.75, 3.05) is 37.0 Å². The maximum Gasteiger partial charge on any atom is 0.245 e. The number of nitrogens with one attached hydrogen (secondary N) is 1. The first-order chi connectivity index (χ1) is 13.2. The van der Waals surface area contributed by atoms with Crippen molar-refractivity contribution in [3.05, 3.63) is 53.9 Å². The van der Waals surface area contributed by atoms with E-state index in [1.807, 2.05) is 65.9 Å². The van der Waals surface area contributed by atoms with E-state index >= 15 is 0 Å². The summed E-state index contributed by atoms with van der Waals surface area (Å²) in [4.78, 5) is 18.7. The Labute approximate surface area is 161 Å².